The van der Waals surface area contributed by atoms with Crippen molar-refractivity contribution >= 4 is 27.5 Å². The van der Waals surface area contributed by atoms with Crippen LogP contribution in [0.5, 0.6) is 5.88 Å². The van der Waals surface area contributed by atoms with E-state index in [-0.39, 0.29) is 17.1 Å². The molecule has 1 N–H and O–H groups in total. The lowest BCUT2D eigenvalue weighted by Crippen LogP contribution is -2.13. The number of aromatic nitrogens is 2. The number of carbonyl (C=O) groups is 1. The smallest absolute Gasteiger partial charge is 0.262 e. The molecule has 0 bridgehead atoms. The molecule has 0 atom stereocenters. The predicted molar refractivity (Wildman–Crippen MR) is 81.1 cm³/mol. The number of halogens is 2. The average molecular weight is 356 g/mol. The second kappa shape index (κ2) is 6.71. The highest BCUT2D eigenvalue weighted by atomic mass is 79.9. The summed E-state index contributed by atoms with van der Waals surface area (Å²) >= 11 is 3.17. The van der Waals surface area contributed by atoms with Crippen LogP contribution in [0.25, 0.3) is 0 Å². The highest BCUT2D eigenvalue weighted by molar-refractivity contribution is 9.10. The fourth-order valence-corrected chi connectivity index (χ4v) is 2.08. The van der Waals surface area contributed by atoms with Crippen LogP contribution in [-0.2, 0) is 6.54 Å². The largest absolute Gasteiger partial charge is 0.476 e. The number of ether oxygens (including phenoxy) is 1. The van der Waals surface area contributed by atoms with Crippen LogP contribution in [-0.4, -0.2) is 22.3 Å². The Morgan fingerprint density at radius 3 is 2.86 bits per heavy atom. The lowest BCUT2D eigenvalue weighted by Gasteiger charge is -2.06. The van der Waals surface area contributed by atoms with Crippen molar-refractivity contribution in [3.05, 3.63) is 40.2 Å². The molecule has 0 aliphatic heterocycles. The highest BCUT2D eigenvalue weighted by Crippen LogP contribution is 2.22. The van der Waals surface area contributed by atoms with E-state index in [2.05, 4.69) is 26.3 Å². The van der Waals surface area contributed by atoms with Gasteiger partial charge in [0.1, 0.15) is 11.4 Å². The summed E-state index contributed by atoms with van der Waals surface area (Å²) in [5, 5.41) is 6.67. The van der Waals surface area contributed by atoms with Gasteiger partial charge >= 0.3 is 0 Å². The summed E-state index contributed by atoms with van der Waals surface area (Å²) < 4.78 is 21.3. The van der Waals surface area contributed by atoms with Crippen molar-refractivity contribution in [1.82, 2.24) is 9.78 Å². The quantitative estimate of drug-likeness (QED) is 0.893. The number of carbonyl (C=O) groups excluding carboxylic acids is 1. The first-order chi connectivity index (χ1) is 10.0. The Labute approximate surface area is 130 Å². The Kier molecular flexibility index (Phi) is 4.95. The number of nitrogens with zero attached hydrogens (tertiary/aromatic N) is 2. The molecular weight excluding hydrogens is 341 g/mol. The van der Waals surface area contributed by atoms with Crippen LogP contribution in [0.2, 0.25) is 0 Å². The van der Waals surface area contributed by atoms with Crippen LogP contribution in [0, 0.1) is 5.82 Å². The third kappa shape index (κ3) is 3.60. The van der Waals surface area contributed by atoms with Crippen LogP contribution >= 0.6 is 15.9 Å². The standard InChI is InChI=1S/C14H15BrFN3O2/c1-3-19-8-10(14(18-19)21-4-2)13(20)17-12-6-5-9(15)7-11(12)16/h5-8H,3-4H2,1-2H3,(H,17,20). The molecule has 7 heteroatoms. The van der Waals surface area contributed by atoms with E-state index in [1.807, 2.05) is 6.92 Å². The molecule has 0 saturated carbocycles. The second-order valence-corrected chi connectivity index (χ2v) is 5.13. The summed E-state index contributed by atoms with van der Waals surface area (Å²) in [5.74, 6) is -0.729. The molecule has 1 heterocycles. The first kappa shape index (κ1) is 15.5. The zero-order valence-corrected chi connectivity index (χ0v) is 13.3. The van der Waals surface area contributed by atoms with Crippen LogP contribution in [0.15, 0.2) is 28.9 Å². The first-order valence-corrected chi connectivity index (χ1v) is 7.31. The monoisotopic (exact) mass is 355 g/mol. The Bertz CT molecular complexity index is 658. The lowest BCUT2D eigenvalue weighted by atomic mass is 10.2. The number of amides is 1. The molecule has 2 rings (SSSR count). The van der Waals surface area contributed by atoms with Gasteiger partial charge in [-0.2, -0.15) is 0 Å². The summed E-state index contributed by atoms with van der Waals surface area (Å²) in [5.41, 5.74) is 0.385. The van der Waals surface area contributed by atoms with E-state index in [1.54, 1.807) is 23.9 Å². The summed E-state index contributed by atoms with van der Waals surface area (Å²) in [6, 6.07) is 4.42. The fraction of sp³-hybridized carbons (Fsp3) is 0.286. The normalized spacial score (nSPS) is 10.5. The molecule has 112 valence electrons. The van der Waals surface area contributed by atoms with Gasteiger partial charge in [-0.15, -0.1) is 5.10 Å². The molecule has 2 aromatic rings. The van der Waals surface area contributed by atoms with Crippen molar-refractivity contribution in [1.29, 1.82) is 0 Å². The van der Waals surface area contributed by atoms with E-state index in [1.165, 1.54) is 12.1 Å². The van der Waals surface area contributed by atoms with Gasteiger partial charge in [0, 0.05) is 17.2 Å². The van der Waals surface area contributed by atoms with Crippen molar-refractivity contribution in [3.63, 3.8) is 0 Å². The molecule has 21 heavy (non-hydrogen) atoms. The Morgan fingerprint density at radius 2 is 2.24 bits per heavy atom. The molecule has 0 fully saturated rings. The van der Waals surface area contributed by atoms with Crippen LogP contribution in [0.1, 0.15) is 24.2 Å². The average Bonchev–Trinajstić information content (AvgIpc) is 2.85. The van der Waals surface area contributed by atoms with Crippen LogP contribution in [0.4, 0.5) is 10.1 Å². The molecule has 5 nitrogen and oxygen atoms in total. The molecule has 0 aliphatic rings. The van der Waals surface area contributed by atoms with Gasteiger partial charge in [-0.1, -0.05) is 15.9 Å². The molecule has 0 aliphatic carbocycles. The number of anilines is 1. The zero-order chi connectivity index (χ0) is 15.4. The van der Waals surface area contributed by atoms with Crippen LogP contribution in [0.3, 0.4) is 0 Å². The van der Waals surface area contributed by atoms with Crippen molar-refractivity contribution in [3.8, 4) is 5.88 Å². The summed E-state index contributed by atoms with van der Waals surface area (Å²) in [6.45, 7) is 4.72. The minimum absolute atomic E-state index is 0.106. The van der Waals surface area contributed by atoms with Crippen molar-refractivity contribution in [2.75, 3.05) is 11.9 Å². The van der Waals surface area contributed by atoms with Gasteiger partial charge in [-0.3, -0.25) is 9.48 Å². The van der Waals surface area contributed by atoms with Gasteiger partial charge in [0.05, 0.1) is 12.3 Å². The Morgan fingerprint density at radius 1 is 1.48 bits per heavy atom. The van der Waals surface area contributed by atoms with E-state index in [9.17, 15) is 9.18 Å². The van der Waals surface area contributed by atoms with Gasteiger partial charge in [-0.25, -0.2) is 4.39 Å². The first-order valence-electron chi connectivity index (χ1n) is 6.51. The molecule has 1 amide bonds. The van der Waals surface area contributed by atoms with Gasteiger partial charge in [0.25, 0.3) is 5.91 Å². The fourth-order valence-electron chi connectivity index (χ4n) is 1.75. The van der Waals surface area contributed by atoms with Crippen molar-refractivity contribution < 1.29 is 13.9 Å². The van der Waals surface area contributed by atoms with Gasteiger partial charge in [-0.05, 0) is 32.0 Å². The number of rotatable bonds is 5. The van der Waals surface area contributed by atoms with E-state index in [0.717, 1.165) is 0 Å². The van der Waals surface area contributed by atoms with Gasteiger partial charge < -0.3 is 10.1 Å². The maximum absolute atomic E-state index is 13.7. The third-order valence-corrected chi connectivity index (χ3v) is 3.25. The Hall–Kier alpha value is -1.89. The van der Waals surface area contributed by atoms with Crippen molar-refractivity contribution in [2.45, 2.75) is 20.4 Å². The summed E-state index contributed by atoms with van der Waals surface area (Å²) in [7, 11) is 0. The van der Waals surface area contributed by atoms with E-state index in [4.69, 9.17) is 4.74 Å². The van der Waals surface area contributed by atoms with E-state index in [0.29, 0.717) is 17.6 Å². The number of aryl methyl sites for hydroxylation is 1. The van der Waals surface area contributed by atoms with Gasteiger partial charge in [0.15, 0.2) is 0 Å². The number of hydrogen-bond acceptors (Lipinski definition) is 3. The minimum Gasteiger partial charge on any atom is -0.476 e. The third-order valence-electron chi connectivity index (χ3n) is 2.76. The SMILES string of the molecule is CCOc1nn(CC)cc1C(=O)Nc1ccc(Br)cc1F. The molecule has 0 unspecified atom stereocenters. The summed E-state index contributed by atoms with van der Waals surface area (Å²) in [4.78, 5) is 12.3. The number of hydrogen-bond donors (Lipinski definition) is 1. The lowest BCUT2D eigenvalue weighted by molar-refractivity contribution is 0.102. The highest BCUT2D eigenvalue weighted by Gasteiger charge is 2.18. The predicted octanol–water partition coefficient (Wildman–Crippen LogP) is 3.46. The maximum Gasteiger partial charge on any atom is 0.262 e. The minimum atomic E-state index is -0.515. The molecule has 0 radical (unpaired) electrons. The molecule has 1 aromatic heterocycles. The molecule has 1 aromatic carbocycles. The number of nitrogens with one attached hydrogen (secondary N) is 1. The topological polar surface area (TPSA) is 56.2 Å². The zero-order valence-electron chi connectivity index (χ0n) is 11.7. The molecular formula is C14H15BrFN3O2. The summed E-state index contributed by atoms with van der Waals surface area (Å²) in [6.07, 6.45) is 1.58. The van der Waals surface area contributed by atoms with E-state index >= 15 is 0 Å². The number of benzene rings is 1. The second-order valence-electron chi connectivity index (χ2n) is 4.21. The van der Waals surface area contributed by atoms with E-state index < -0.39 is 11.7 Å². The van der Waals surface area contributed by atoms with Gasteiger partial charge in [0.2, 0.25) is 5.88 Å². The molecule has 0 saturated heterocycles. The Balaban J connectivity index is 2.25. The van der Waals surface area contributed by atoms with Crippen molar-refractivity contribution in [2.24, 2.45) is 0 Å². The van der Waals surface area contributed by atoms with Crippen LogP contribution < -0.4 is 10.1 Å². The maximum atomic E-state index is 13.7. The molecule has 0 spiro atoms.